The van der Waals surface area contributed by atoms with Crippen molar-refractivity contribution in [2.24, 2.45) is 0 Å². The summed E-state index contributed by atoms with van der Waals surface area (Å²) in [6, 6.07) is 0. The van der Waals surface area contributed by atoms with E-state index in [4.69, 9.17) is 4.43 Å². The lowest BCUT2D eigenvalue weighted by Gasteiger charge is -2.35. The first kappa shape index (κ1) is 18.9. The van der Waals surface area contributed by atoms with Crippen molar-refractivity contribution in [2.75, 3.05) is 0 Å². The summed E-state index contributed by atoms with van der Waals surface area (Å²) in [6.07, 6.45) is 0. The standard InChI is InChI=1S/C13H25NO4S2Si/c1-12(2,3)21(6,7)18-8-9-10(20(16)17)19-11(14-9)13(4,5)15/h15H,8H2,1-7H3,(H,16,17). The van der Waals surface area contributed by atoms with Crippen LogP contribution in [0.25, 0.3) is 0 Å². The molecule has 1 atom stereocenters. The molecule has 1 aromatic rings. The monoisotopic (exact) mass is 351 g/mol. The van der Waals surface area contributed by atoms with Crippen LogP contribution in [0.5, 0.6) is 0 Å². The van der Waals surface area contributed by atoms with Crippen LogP contribution in [0.15, 0.2) is 4.21 Å². The summed E-state index contributed by atoms with van der Waals surface area (Å²) in [7, 11) is -1.96. The molecule has 0 aromatic carbocycles. The smallest absolute Gasteiger partial charge is 0.198 e. The zero-order chi connectivity index (χ0) is 16.6. The van der Waals surface area contributed by atoms with Crippen molar-refractivity contribution in [2.45, 2.75) is 69.2 Å². The number of aromatic nitrogens is 1. The molecule has 122 valence electrons. The minimum atomic E-state index is -2.12. The third-order valence-corrected chi connectivity index (χ3v) is 10.6. The summed E-state index contributed by atoms with van der Waals surface area (Å²) in [5.74, 6) is 0. The highest BCUT2D eigenvalue weighted by atomic mass is 32.2. The molecule has 0 fully saturated rings. The summed E-state index contributed by atoms with van der Waals surface area (Å²) in [4.78, 5) is 4.30. The van der Waals surface area contributed by atoms with Gasteiger partial charge in [-0.05, 0) is 32.0 Å². The van der Waals surface area contributed by atoms with E-state index in [1.165, 1.54) is 0 Å². The Morgan fingerprint density at radius 3 is 2.19 bits per heavy atom. The van der Waals surface area contributed by atoms with E-state index in [2.05, 4.69) is 38.8 Å². The fourth-order valence-electron chi connectivity index (χ4n) is 1.29. The van der Waals surface area contributed by atoms with Gasteiger partial charge >= 0.3 is 0 Å². The lowest BCUT2D eigenvalue weighted by atomic mass is 10.2. The van der Waals surface area contributed by atoms with Crippen LogP contribution < -0.4 is 0 Å². The maximum Gasteiger partial charge on any atom is 0.198 e. The maximum absolute atomic E-state index is 11.4. The Kier molecular flexibility index (Phi) is 5.56. The van der Waals surface area contributed by atoms with Gasteiger partial charge in [-0.25, -0.2) is 9.19 Å². The molecule has 1 unspecified atom stereocenters. The number of rotatable bonds is 5. The van der Waals surface area contributed by atoms with E-state index in [-0.39, 0.29) is 15.9 Å². The van der Waals surface area contributed by atoms with Gasteiger partial charge in [-0.3, -0.25) is 0 Å². The topological polar surface area (TPSA) is 79.7 Å². The average Bonchev–Trinajstić information content (AvgIpc) is 2.68. The van der Waals surface area contributed by atoms with Crippen LogP contribution in [0.1, 0.15) is 45.3 Å². The van der Waals surface area contributed by atoms with Gasteiger partial charge in [0.25, 0.3) is 0 Å². The van der Waals surface area contributed by atoms with Gasteiger partial charge in [0.15, 0.2) is 19.4 Å². The van der Waals surface area contributed by atoms with Crippen molar-refractivity contribution in [3.8, 4) is 0 Å². The van der Waals surface area contributed by atoms with Crippen LogP contribution in [0, 0.1) is 0 Å². The molecule has 0 aliphatic heterocycles. The van der Waals surface area contributed by atoms with Crippen molar-refractivity contribution in [3.63, 3.8) is 0 Å². The Morgan fingerprint density at radius 1 is 1.29 bits per heavy atom. The van der Waals surface area contributed by atoms with Crippen LogP contribution in [0.3, 0.4) is 0 Å². The van der Waals surface area contributed by atoms with Crippen LogP contribution in [-0.4, -0.2) is 27.2 Å². The van der Waals surface area contributed by atoms with Gasteiger partial charge in [-0.15, -0.1) is 11.3 Å². The third kappa shape index (κ3) is 4.67. The fraction of sp³-hybridized carbons (Fsp3) is 0.769. The second-order valence-electron chi connectivity index (χ2n) is 7.11. The summed E-state index contributed by atoms with van der Waals surface area (Å²) >= 11 is -1.07. The van der Waals surface area contributed by atoms with Crippen molar-refractivity contribution >= 4 is 30.7 Å². The van der Waals surface area contributed by atoms with E-state index in [0.29, 0.717) is 10.7 Å². The van der Waals surface area contributed by atoms with E-state index >= 15 is 0 Å². The molecule has 0 aliphatic carbocycles. The van der Waals surface area contributed by atoms with Crippen molar-refractivity contribution in [1.82, 2.24) is 4.98 Å². The molecular formula is C13H25NO4S2Si. The fourth-order valence-corrected chi connectivity index (χ4v) is 3.85. The molecule has 0 bridgehead atoms. The second kappa shape index (κ2) is 6.17. The number of hydrogen-bond acceptors (Lipinski definition) is 5. The molecule has 0 spiro atoms. The van der Waals surface area contributed by atoms with Crippen molar-refractivity contribution in [3.05, 3.63) is 10.7 Å². The zero-order valence-corrected chi connectivity index (χ0v) is 16.3. The second-order valence-corrected chi connectivity index (χ2v) is 14.1. The Hall–Kier alpha value is -0.123. The summed E-state index contributed by atoms with van der Waals surface area (Å²) in [6.45, 7) is 14.0. The minimum absolute atomic E-state index is 0.0562. The van der Waals surface area contributed by atoms with Crippen molar-refractivity contribution < 1.29 is 18.3 Å². The Morgan fingerprint density at radius 2 is 1.81 bits per heavy atom. The molecule has 0 amide bonds. The van der Waals surface area contributed by atoms with Gasteiger partial charge in [-0.1, -0.05) is 20.8 Å². The summed E-state index contributed by atoms with van der Waals surface area (Å²) < 4.78 is 27.1. The Balaban J connectivity index is 3.04. The molecule has 1 heterocycles. The van der Waals surface area contributed by atoms with Gasteiger partial charge < -0.3 is 14.1 Å². The lowest BCUT2D eigenvalue weighted by molar-refractivity contribution is 0.0779. The average molecular weight is 352 g/mol. The molecule has 21 heavy (non-hydrogen) atoms. The van der Waals surface area contributed by atoms with E-state index in [1.807, 2.05) is 0 Å². The van der Waals surface area contributed by atoms with Gasteiger partial charge in [-0.2, -0.15) is 0 Å². The first-order valence-corrected chi connectivity index (χ1v) is 11.6. The molecule has 1 rings (SSSR count). The normalized spacial score (nSPS) is 15.3. The van der Waals surface area contributed by atoms with E-state index in [1.54, 1.807) is 13.8 Å². The molecule has 0 saturated carbocycles. The molecule has 8 heteroatoms. The maximum atomic E-state index is 11.4. The quantitative estimate of drug-likeness (QED) is 0.627. The van der Waals surface area contributed by atoms with E-state index in [0.717, 1.165) is 11.3 Å². The lowest BCUT2D eigenvalue weighted by Crippen LogP contribution is -2.40. The van der Waals surface area contributed by atoms with Crippen LogP contribution in [0.4, 0.5) is 0 Å². The van der Waals surface area contributed by atoms with Crippen LogP contribution in [-0.2, 0) is 27.7 Å². The molecule has 0 saturated heterocycles. The van der Waals surface area contributed by atoms with Crippen LogP contribution in [0.2, 0.25) is 18.1 Å². The van der Waals surface area contributed by atoms with Crippen molar-refractivity contribution in [1.29, 1.82) is 0 Å². The highest BCUT2D eigenvalue weighted by Crippen LogP contribution is 2.38. The number of hydrogen-bond donors (Lipinski definition) is 2. The predicted molar refractivity (Wildman–Crippen MR) is 88.4 cm³/mol. The highest BCUT2D eigenvalue weighted by Gasteiger charge is 2.37. The highest BCUT2D eigenvalue weighted by molar-refractivity contribution is 7.81. The molecular weight excluding hydrogens is 326 g/mol. The Bertz CT molecular complexity index is 529. The minimum Gasteiger partial charge on any atom is -0.411 e. The number of aliphatic hydroxyl groups is 1. The predicted octanol–water partition coefficient (Wildman–Crippen LogP) is 3.47. The molecule has 5 nitrogen and oxygen atoms in total. The molecule has 2 N–H and O–H groups in total. The first-order chi connectivity index (χ1) is 9.25. The van der Waals surface area contributed by atoms with Gasteiger partial charge in [0.2, 0.25) is 0 Å². The van der Waals surface area contributed by atoms with Gasteiger partial charge in [0, 0.05) is 0 Å². The van der Waals surface area contributed by atoms with E-state index < -0.39 is 25.0 Å². The summed E-state index contributed by atoms with van der Waals surface area (Å²) in [5.41, 5.74) is -0.684. The summed E-state index contributed by atoms with van der Waals surface area (Å²) in [5, 5.41) is 10.5. The largest absolute Gasteiger partial charge is 0.411 e. The number of nitrogens with zero attached hydrogens (tertiary/aromatic N) is 1. The Labute approximate surface area is 134 Å². The SMILES string of the molecule is CC(C)(O)c1nc(CO[Si](C)(C)C(C)(C)C)c(S(=O)O)s1. The molecule has 0 aliphatic rings. The molecule has 0 radical (unpaired) electrons. The van der Waals surface area contributed by atoms with Gasteiger partial charge in [0.1, 0.15) is 14.8 Å². The zero-order valence-electron chi connectivity index (χ0n) is 13.7. The third-order valence-electron chi connectivity index (χ3n) is 3.72. The first-order valence-electron chi connectivity index (χ1n) is 6.73. The number of thiazole rings is 1. The van der Waals surface area contributed by atoms with E-state index in [9.17, 15) is 13.9 Å². The van der Waals surface area contributed by atoms with Crippen LogP contribution >= 0.6 is 11.3 Å². The molecule has 1 aromatic heterocycles. The van der Waals surface area contributed by atoms with Gasteiger partial charge in [0.05, 0.1) is 12.3 Å².